The van der Waals surface area contributed by atoms with Crippen LogP contribution >= 0.6 is 0 Å². The number of methoxy groups -OCH3 is 1. The van der Waals surface area contributed by atoms with E-state index in [1.54, 1.807) is 54.6 Å². The van der Waals surface area contributed by atoms with Gasteiger partial charge in [-0.15, -0.1) is 0 Å². The first-order valence-corrected chi connectivity index (χ1v) is 9.00. The molecule has 0 atom stereocenters. The Balaban J connectivity index is 1.62. The molecule has 0 bridgehead atoms. The number of esters is 1. The average Bonchev–Trinajstić information content (AvgIpc) is 2.75. The van der Waals surface area contributed by atoms with E-state index in [0.29, 0.717) is 35.5 Å². The van der Waals surface area contributed by atoms with Gasteiger partial charge in [0.25, 0.3) is 5.91 Å². The Bertz CT molecular complexity index is 1020. The molecule has 1 amide bonds. The first-order chi connectivity index (χ1) is 14.1. The second-order valence-corrected chi connectivity index (χ2v) is 6.22. The molecule has 1 aromatic heterocycles. The Kier molecular flexibility index (Phi) is 6.52. The lowest BCUT2D eigenvalue weighted by Crippen LogP contribution is -2.26. The SMILES string of the molecule is COC(=O)c1cccc(Nc2ccnc(C(=O)NCCc3ccccc3F)c2)c1. The Morgan fingerprint density at radius 1 is 1.03 bits per heavy atom. The van der Waals surface area contributed by atoms with Gasteiger partial charge in [-0.3, -0.25) is 9.78 Å². The molecule has 2 N–H and O–H groups in total. The number of nitrogens with one attached hydrogen (secondary N) is 2. The molecule has 148 valence electrons. The van der Waals surface area contributed by atoms with Crippen molar-refractivity contribution in [1.82, 2.24) is 10.3 Å². The minimum Gasteiger partial charge on any atom is -0.465 e. The van der Waals surface area contributed by atoms with Crippen LogP contribution in [0.15, 0.2) is 66.9 Å². The van der Waals surface area contributed by atoms with Gasteiger partial charge in [-0.05, 0) is 48.4 Å². The zero-order valence-electron chi connectivity index (χ0n) is 15.8. The third kappa shape index (κ3) is 5.38. The number of anilines is 2. The number of halogens is 1. The fourth-order valence-electron chi connectivity index (χ4n) is 2.74. The van der Waals surface area contributed by atoms with Crippen LogP contribution in [-0.2, 0) is 11.2 Å². The van der Waals surface area contributed by atoms with E-state index in [2.05, 4.69) is 15.6 Å². The van der Waals surface area contributed by atoms with Crippen molar-refractivity contribution in [3.63, 3.8) is 0 Å². The summed E-state index contributed by atoms with van der Waals surface area (Å²) in [5.74, 6) is -1.08. The van der Waals surface area contributed by atoms with Gasteiger partial charge < -0.3 is 15.4 Å². The van der Waals surface area contributed by atoms with Gasteiger partial charge in [0, 0.05) is 24.1 Å². The molecule has 0 aliphatic carbocycles. The molecular weight excluding hydrogens is 373 g/mol. The fourth-order valence-corrected chi connectivity index (χ4v) is 2.74. The maximum Gasteiger partial charge on any atom is 0.337 e. The molecule has 7 heteroatoms. The highest BCUT2D eigenvalue weighted by molar-refractivity contribution is 5.93. The lowest BCUT2D eigenvalue weighted by molar-refractivity contribution is 0.0600. The number of benzene rings is 2. The van der Waals surface area contributed by atoms with Crippen molar-refractivity contribution in [2.75, 3.05) is 19.0 Å². The quantitative estimate of drug-likeness (QED) is 0.598. The monoisotopic (exact) mass is 393 g/mol. The number of carbonyl (C=O) groups excluding carboxylic acids is 2. The minimum absolute atomic E-state index is 0.229. The lowest BCUT2D eigenvalue weighted by Gasteiger charge is -2.10. The predicted molar refractivity (Wildman–Crippen MR) is 108 cm³/mol. The van der Waals surface area contributed by atoms with Crippen LogP contribution in [0.1, 0.15) is 26.4 Å². The van der Waals surface area contributed by atoms with Crippen LogP contribution in [0.4, 0.5) is 15.8 Å². The van der Waals surface area contributed by atoms with E-state index in [1.165, 1.54) is 19.4 Å². The fraction of sp³-hybridized carbons (Fsp3) is 0.136. The summed E-state index contributed by atoms with van der Waals surface area (Å²) < 4.78 is 18.4. The van der Waals surface area contributed by atoms with Gasteiger partial charge >= 0.3 is 5.97 Å². The second-order valence-electron chi connectivity index (χ2n) is 6.22. The summed E-state index contributed by atoms with van der Waals surface area (Å²) in [6, 6.07) is 16.6. The van der Waals surface area contributed by atoms with Crippen LogP contribution in [0.2, 0.25) is 0 Å². The summed E-state index contributed by atoms with van der Waals surface area (Å²) in [5.41, 5.74) is 2.50. The van der Waals surface area contributed by atoms with Crippen molar-refractivity contribution in [3.8, 4) is 0 Å². The van der Waals surface area contributed by atoms with E-state index < -0.39 is 5.97 Å². The summed E-state index contributed by atoms with van der Waals surface area (Å²) in [6.45, 7) is 0.292. The summed E-state index contributed by atoms with van der Waals surface area (Å²) in [6.07, 6.45) is 1.90. The number of aromatic nitrogens is 1. The zero-order chi connectivity index (χ0) is 20.6. The molecule has 1 heterocycles. The van der Waals surface area contributed by atoms with Gasteiger partial charge in [-0.2, -0.15) is 0 Å². The zero-order valence-corrected chi connectivity index (χ0v) is 15.8. The summed E-state index contributed by atoms with van der Waals surface area (Å²) >= 11 is 0. The summed E-state index contributed by atoms with van der Waals surface area (Å²) in [7, 11) is 1.32. The number of nitrogens with zero attached hydrogens (tertiary/aromatic N) is 1. The Morgan fingerprint density at radius 3 is 2.62 bits per heavy atom. The normalized spacial score (nSPS) is 10.3. The van der Waals surface area contributed by atoms with Gasteiger partial charge in [-0.1, -0.05) is 24.3 Å². The van der Waals surface area contributed by atoms with E-state index in [0.717, 1.165) is 0 Å². The van der Waals surface area contributed by atoms with Crippen molar-refractivity contribution >= 4 is 23.3 Å². The molecule has 3 aromatic rings. The van der Waals surface area contributed by atoms with Crippen molar-refractivity contribution in [2.24, 2.45) is 0 Å². The number of rotatable bonds is 7. The molecule has 6 nitrogen and oxygen atoms in total. The van der Waals surface area contributed by atoms with Crippen LogP contribution in [0, 0.1) is 5.82 Å². The molecule has 0 fully saturated rings. The second kappa shape index (κ2) is 9.45. The highest BCUT2D eigenvalue weighted by Gasteiger charge is 2.10. The molecule has 0 spiro atoms. The first kappa shape index (κ1) is 20.0. The minimum atomic E-state index is -0.432. The van der Waals surface area contributed by atoms with Crippen LogP contribution in [-0.4, -0.2) is 30.5 Å². The number of hydrogen-bond donors (Lipinski definition) is 2. The van der Waals surface area contributed by atoms with E-state index in [4.69, 9.17) is 4.74 Å². The topological polar surface area (TPSA) is 80.3 Å². The molecule has 29 heavy (non-hydrogen) atoms. The van der Waals surface area contributed by atoms with E-state index in [-0.39, 0.29) is 17.4 Å². The van der Waals surface area contributed by atoms with E-state index >= 15 is 0 Å². The van der Waals surface area contributed by atoms with Crippen molar-refractivity contribution in [2.45, 2.75) is 6.42 Å². The van der Waals surface area contributed by atoms with Gasteiger partial charge in [0.05, 0.1) is 12.7 Å². The number of hydrogen-bond acceptors (Lipinski definition) is 5. The third-order valence-corrected chi connectivity index (χ3v) is 4.20. The maximum atomic E-state index is 13.6. The summed E-state index contributed by atoms with van der Waals surface area (Å²) in [4.78, 5) is 28.1. The highest BCUT2D eigenvalue weighted by Crippen LogP contribution is 2.18. The Morgan fingerprint density at radius 2 is 1.83 bits per heavy atom. The maximum absolute atomic E-state index is 13.6. The van der Waals surface area contributed by atoms with Gasteiger partial charge in [0.15, 0.2) is 0 Å². The molecule has 0 radical (unpaired) electrons. The van der Waals surface area contributed by atoms with Gasteiger partial charge in [-0.25, -0.2) is 9.18 Å². The molecule has 0 saturated heterocycles. The number of amides is 1. The molecule has 0 saturated carbocycles. The Hall–Kier alpha value is -3.74. The molecule has 2 aromatic carbocycles. The molecule has 0 unspecified atom stereocenters. The van der Waals surface area contributed by atoms with Crippen LogP contribution < -0.4 is 10.6 Å². The van der Waals surface area contributed by atoms with Crippen molar-refractivity contribution in [3.05, 3.63) is 89.5 Å². The van der Waals surface area contributed by atoms with Crippen LogP contribution in [0.3, 0.4) is 0 Å². The third-order valence-electron chi connectivity index (χ3n) is 4.20. The Labute approximate surface area is 167 Å². The van der Waals surface area contributed by atoms with Gasteiger partial charge in [0.2, 0.25) is 0 Å². The van der Waals surface area contributed by atoms with E-state index in [9.17, 15) is 14.0 Å². The molecule has 0 aliphatic rings. The predicted octanol–water partition coefficient (Wildman–Crippen LogP) is 3.72. The smallest absolute Gasteiger partial charge is 0.337 e. The number of ether oxygens (including phenoxy) is 1. The van der Waals surface area contributed by atoms with Crippen LogP contribution in [0.25, 0.3) is 0 Å². The molecular formula is C22H20FN3O3. The van der Waals surface area contributed by atoms with Crippen molar-refractivity contribution < 1.29 is 18.7 Å². The molecule has 3 rings (SSSR count). The average molecular weight is 393 g/mol. The van der Waals surface area contributed by atoms with Gasteiger partial charge in [0.1, 0.15) is 11.5 Å². The first-order valence-electron chi connectivity index (χ1n) is 9.00. The largest absolute Gasteiger partial charge is 0.465 e. The number of pyridine rings is 1. The molecule has 0 aliphatic heterocycles. The standard InChI is InChI=1S/C22H20FN3O3/c1-29-22(28)16-6-4-7-17(13-16)26-18-10-12-24-20(14-18)21(27)25-11-9-15-5-2-3-8-19(15)23/h2-8,10,12-14H,9,11H2,1H3,(H,24,26)(H,25,27). The van der Waals surface area contributed by atoms with Crippen LogP contribution in [0.5, 0.6) is 0 Å². The number of carbonyl (C=O) groups is 2. The highest BCUT2D eigenvalue weighted by atomic mass is 19.1. The van der Waals surface area contributed by atoms with E-state index in [1.807, 2.05) is 0 Å². The summed E-state index contributed by atoms with van der Waals surface area (Å²) in [5, 5.41) is 5.87. The van der Waals surface area contributed by atoms with Crippen molar-refractivity contribution in [1.29, 1.82) is 0 Å². The lowest BCUT2D eigenvalue weighted by atomic mass is 10.1.